The largest absolute Gasteiger partial charge is 0.341 e. The maximum absolute atomic E-state index is 12.0. The molecule has 3 nitrogen and oxygen atoms in total. The van der Waals surface area contributed by atoms with E-state index in [4.69, 9.17) is 0 Å². The summed E-state index contributed by atoms with van der Waals surface area (Å²) in [5.74, 6) is 1.02. The van der Waals surface area contributed by atoms with Crippen LogP contribution in [-0.4, -0.2) is 37.0 Å². The summed E-state index contributed by atoms with van der Waals surface area (Å²) in [6, 6.07) is 0. The van der Waals surface area contributed by atoms with Gasteiger partial charge in [-0.2, -0.15) is 0 Å². The average molecular weight is 254 g/mol. The van der Waals surface area contributed by atoms with Crippen LogP contribution in [0.1, 0.15) is 53.4 Å². The highest BCUT2D eigenvalue weighted by atomic mass is 16.2. The zero-order chi connectivity index (χ0) is 13.6. The van der Waals surface area contributed by atoms with Gasteiger partial charge in [0.1, 0.15) is 0 Å². The van der Waals surface area contributed by atoms with Crippen LogP contribution in [0.2, 0.25) is 0 Å². The van der Waals surface area contributed by atoms with Crippen LogP contribution in [0.3, 0.4) is 0 Å². The molecule has 0 aromatic carbocycles. The van der Waals surface area contributed by atoms with Gasteiger partial charge in [0.05, 0.1) is 0 Å². The third-order valence-electron chi connectivity index (χ3n) is 4.02. The van der Waals surface area contributed by atoms with Crippen LogP contribution in [0.4, 0.5) is 0 Å². The molecule has 1 amide bonds. The molecule has 18 heavy (non-hydrogen) atoms. The highest BCUT2D eigenvalue weighted by molar-refractivity contribution is 5.76. The molecule has 0 aromatic heterocycles. The molecule has 0 saturated carbocycles. The van der Waals surface area contributed by atoms with Gasteiger partial charge in [0.15, 0.2) is 0 Å². The van der Waals surface area contributed by atoms with E-state index in [0.717, 1.165) is 51.9 Å². The van der Waals surface area contributed by atoms with Gasteiger partial charge in [0.2, 0.25) is 5.91 Å². The maximum atomic E-state index is 12.0. The van der Waals surface area contributed by atoms with Crippen molar-refractivity contribution in [3.05, 3.63) is 0 Å². The van der Waals surface area contributed by atoms with Gasteiger partial charge in [-0.15, -0.1) is 0 Å². The van der Waals surface area contributed by atoms with Crippen LogP contribution in [0.15, 0.2) is 0 Å². The third kappa shape index (κ3) is 4.97. The summed E-state index contributed by atoms with van der Waals surface area (Å²) in [5, 5.41) is 3.37. The number of carbonyl (C=O) groups is 1. The number of hydrogen-bond acceptors (Lipinski definition) is 2. The van der Waals surface area contributed by atoms with Crippen LogP contribution in [0.5, 0.6) is 0 Å². The number of likely N-dealkylation sites (tertiary alicyclic amines) is 1. The molecule has 1 saturated heterocycles. The smallest absolute Gasteiger partial charge is 0.222 e. The Morgan fingerprint density at radius 1 is 1.28 bits per heavy atom. The van der Waals surface area contributed by atoms with Gasteiger partial charge in [0.25, 0.3) is 0 Å². The summed E-state index contributed by atoms with van der Waals surface area (Å²) < 4.78 is 0. The molecule has 3 heteroatoms. The van der Waals surface area contributed by atoms with Crippen molar-refractivity contribution in [3.63, 3.8) is 0 Å². The molecule has 0 aliphatic carbocycles. The van der Waals surface area contributed by atoms with Gasteiger partial charge in [-0.25, -0.2) is 0 Å². The van der Waals surface area contributed by atoms with Crippen LogP contribution < -0.4 is 5.32 Å². The fourth-order valence-corrected chi connectivity index (χ4v) is 2.65. The molecule has 1 aliphatic rings. The second-order valence-corrected chi connectivity index (χ2v) is 6.52. The first-order chi connectivity index (χ1) is 8.45. The molecule has 0 spiro atoms. The Morgan fingerprint density at radius 2 is 2.00 bits per heavy atom. The Balaban J connectivity index is 2.39. The highest BCUT2D eigenvalue weighted by Crippen LogP contribution is 2.34. The van der Waals surface area contributed by atoms with Crippen molar-refractivity contribution in [1.29, 1.82) is 0 Å². The Labute approximate surface area is 112 Å². The van der Waals surface area contributed by atoms with Crippen LogP contribution in [0, 0.1) is 11.3 Å². The summed E-state index contributed by atoms with van der Waals surface area (Å²) in [4.78, 5) is 14.1. The zero-order valence-corrected chi connectivity index (χ0v) is 12.6. The third-order valence-corrected chi connectivity index (χ3v) is 4.02. The minimum Gasteiger partial charge on any atom is -0.341 e. The van der Waals surface area contributed by atoms with E-state index in [1.807, 2.05) is 0 Å². The minimum atomic E-state index is 0.330. The molecule has 1 N–H and O–H groups in total. The van der Waals surface area contributed by atoms with Crippen molar-refractivity contribution in [2.75, 3.05) is 26.2 Å². The molecule has 1 atom stereocenters. The van der Waals surface area contributed by atoms with Gasteiger partial charge >= 0.3 is 0 Å². The van der Waals surface area contributed by atoms with E-state index < -0.39 is 0 Å². The van der Waals surface area contributed by atoms with E-state index in [-0.39, 0.29) is 0 Å². The van der Waals surface area contributed by atoms with E-state index in [2.05, 4.69) is 37.9 Å². The lowest BCUT2D eigenvalue weighted by Crippen LogP contribution is -2.36. The van der Waals surface area contributed by atoms with Crippen molar-refractivity contribution in [1.82, 2.24) is 10.2 Å². The summed E-state index contributed by atoms with van der Waals surface area (Å²) in [5.41, 5.74) is 0.330. The fourth-order valence-electron chi connectivity index (χ4n) is 2.65. The molecule has 1 aliphatic heterocycles. The first-order valence-electron chi connectivity index (χ1n) is 7.43. The van der Waals surface area contributed by atoms with E-state index in [0.29, 0.717) is 17.2 Å². The molecular weight excluding hydrogens is 224 g/mol. The number of amides is 1. The van der Waals surface area contributed by atoms with Gasteiger partial charge in [0, 0.05) is 26.1 Å². The lowest BCUT2D eigenvalue weighted by molar-refractivity contribution is -0.130. The van der Waals surface area contributed by atoms with Gasteiger partial charge < -0.3 is 10.2 Å². The first kappa shape index (κ1) is 15.5. The zero-order valence-electron chi connectivity index (χ0n) is 12.6. The Bertz CT molecular complexity index is 258. The predicted molar refractivity (Wildman–Crippen MR) is 76.5 cm³/mol. The number of rotatable bonds is 5. The second kappa shape index (κ2) is 7.13. The molecule has 1 heterocycles. The van der Waals surface area contributed by atoms with Crippen LogP contribution in [-0.2, 0) is 4.79 Å². The lowest BCUT2D eigenvalue weighted by atomic mass is 9.77. The monoisotopic (exact) mass is 254 g/mol. The van der Waals surface area contributed by atoms with Crippen molar-refractivity contribution in [2.45, 2.75) is 53.4 Å². The van der Waals surface area contributed by atoms with Crippen molar-refractivity contribution < 1.29 is 4.79 Å². The average Bonchev–Trinajstić information content (AvgIpc) is 2.47. The normalized spacial score (nSPS) is 22.1. The molecule has 106 valence electrons. The Kier molecular flexibility index (Phi) is 6.13. The molecule has 1 fully saturated rings. The molecule has 0 aromatic rings. The summed E-state index contributed by atoms with van der Waals surface area (Å²) in [7, 11) is 0. The number of hydrogen-bond donors (Lipinski definition) is 1. The lowest BCUT2D eigenvalue weighted by Gasteiger charge is -2.29. The van der Waals surface area contributed by atoms with Crippen molar-refractivity contribution >= 4 is 5.91 Å². The van der Waals surface area contributed by atoms with Crippen LogP contribution in [0.25, 0.3) is 0 Å². The van der Waals surface area contributed by atoms with Crippen LogP contribution >= 0.6 is 0 Å². The molecule has 1 unspecified atom stereocenters. The quantitative estimate of drug-likeness (QED) is 0.765. The maximum Gasteiger partial charge on any atom is 0.222 e. The van der Waals surface area contributed by atoms with E-state index in [9.17, 15) is 4.79 Å². The highest BCUT2D eigenvalue weighted by Gasteiger charge is 2.29. The van der Waals surface area contributed by atoms with E-state index in [1.54, 1.807) is 0 Å². The summed E-state index contributed by atoms with van der Waals surface area (Å²) in [6.45, 7) is 12.8. The molecule has 0 bridgehead atoms. The Morgan fingerprint density at radius 3 is 2.61 bits per heavy atom. The number of nitrogens with zero attached hydrogens (tertiary/aromatic N) is 1. The topological polar surface area (TPSA) is 32.3 Å². The van der Waals surface area contributed by atoms with Gasteiger partial charge in [-0.05, 0) is 37.1 Å². The van der Waals surface area contributed by atoms with Gasteiger partial charge in [-0.3, -0.25) is 4.79 Å². The predicted octanol–water partition coefficient (Wildman–Crippen LogP) is 2.66. The van der Waals surface area contributed by atoms with E-state index in [1.165, 1.54) is 0 Å². The van der Waals surface area contributed by atoms with E-state index >= 15 is 0 Å². The second-order valence-electron chi connectivity index (χ2n) is 6.52. The van der Waals surface area contributed by atoms with Gasteiger partial charge in [-0.1, -0.05) is 27.7 Å². The molecule has 0 radical (unpaired) electrons. The molecule has 1 rings (SSSR count). The molecular formula is C15H30N2O. The summed E-state index contributed by atoms with van der Waals surface area (Å²) >= 11 is 0. The SMILES string of the molecule is CCCNCCN1CCC(C(C)(C)C)CCC1=O. The van der Waals surface area contributed by atoms with Crippen molar-refractivity contribution in [3.8, 4) is 0 Å². The first-order valence-corrected chi connectivity index (χ1v) is 7.43. The minimum absolute atomic E-state index is 0.330. The van der Waals surface area contributed by atoms with Crippen molar-refractivity contribution in [2.24, 2.45) is 11.3 Å². The summed E-state index contributed by atoms with van der Waals surface area (Å²) in [6.07, 6.45) is 4.10. The number of carbonyl (C=O) groups excluding carboxylic acids is 1. The standard InChI is InChI=1S/C15H30N2O/c1-5-9-16-10-12-17-11-8-13(15(2,3)4)6-7-14(17)18/h13,16H,5-12H2,1-4H3. The fraction of sp³-hybridized carbons (Fsp3) is 0.933. The number of nitrogens with one attached hydrogen (secondary N) is 1. The Hall–Kier alpha value is -0.570.